The van der Waals surface area contributed by atoms with Crippen LogP contribution in [0.25, 0.3) is 6.08 Å². The highest BCUT2D eigenvalue weighted by atomic mass is 16.5. The van der Waals surface area contributed by atoms with Gasteiger partial charge in [-0.2, -0.15) is 5.26 Å². The maximum Gasteiger partial charge on any atom is 0.248 e. The summed E-state index contributed by atoms with van der Waals surface area (Å²) in [5.41, 5.74) is 2.73. The zero-order chi connectivity index (χ0) is 18.1. The second-order valence-corrected chi connectivity index (χ2v) is 5.23. The van der Waals surface area contributed by atoms with Crippen molar-refractivity contribution in [2.45, 2.75) is 13.3 Å². The van der Waals surface area contributed by atoms with Crippen LogP contribution < -0.4 is 14.8 Å². The first kappa shape index (κ1) is 18.1. The van der Waals surface area contributed by atoms with Gasteiger partial charge in [-0.3, -0.25) is 4.79 Å². The van der Waals surface area contributed by atoms with Crippen molar-refractivity contribution in [3.8, 4) is 17.6 Å². The molecule has 0 bridgehead atoms. The van der Waals surface area contributed by atoms with Crippen molar-refractivity contribution >= 4 is 17.7 Å². The van der Waals surface area contributed by atoms with E-state index in [1.165, 1.54) is 18.7 Å². The van der Waals surface area contributed by atoms with Crippen LogP contribution in [-0.4, -0.2) is 19.6 Å². The summed E-state index contributed by atoms with van der Waals surface area (Å²) in [6.45, 7) is 2.02. The summed E-state index contributed by atoms with van der Waals surface area (Å²) in [6.07, 6.45) is 4.07. The summed E-state index contributed by atoms with van der Waals surface area (Å²) in [5, 5.41) is 11.4. The van der Waals surface area contributed by atoms with Crippen molar-refractivity contribution in [3.63, 3.8) is 0 Å². The Labute approximate surface area is 147 Å². The Morgan fingerprint density at radius 3 is 2.80 bits per heavy atom. The molecule has 2 rings (SSSR count). The summed E-state index contributed by atoms with van der Waals surface area (Å²) in [6, 6.07) is 14.9. The first-order chi connectivity index (χ1) is 12.2. The predicted molar refractivity (Wildman–Crippen MR) is 97.6 cm³/mol. The molecule has 0 aliphatic heterocycles. The summed E-state index contributed by atoms with van der Waals surface area (Å²) in [7, 11) is 1.52. The molecule has 0 heterocycles. The van der Waals surface area contributed by atoms with Gasteiger partial charge in [0.05, 0.1) is 7.11 Å². The fourth-order valence-electron chi connectivity index (χ4n) is 2.24. The van der Waals surface area contributed by atoms with Crippen LogP contribution in [0.3, 0.4) is 0 Å². The highest BCUT2D eigenvalue weighted by Crippen LogP contribution is 2.28. The van der Waals surface area contributed by atoms with Crippen LogP contribution in [0, 0.1) is 11.3 Å². The number of hydrogen-bond acceptors (Lipinski definition) is 4. The number of nitrogens with one attached hydrogen (secondary N) is 1. The highest BCUT2D eigenvalue weighted by molar-refractivity contribution is 6.02. The van der Waals surface area contributed by atoms with Crippen LogP contribution in [0.15, 0.2) is 48.5 Å². The molecule has 0 saturated carbocycles. The number of aryl methyl sites for hydroxylation is 1. The number of rotatable bonds is 7. The summed E-state index contributed by atoms with van der Waals surface area (Å²) in [5.74, 6) is 0.785. The van der Waals surface area contributed by atoms with Gasteiger partial charge in [0, 0.05) is 11.8 Å². The molecule has 0 fully saturated rings. The highest BCUT2D eigenvalue weighted by Gasteiger charge is 2.05. The molecular weight excluding hydrogens is 316 g/mol. The van der Waals surface area contributed by atoms with Gasteiger partial charge in [0.15, 0.2) is 18.1 Å². The van der Waals surface area contributed by atoms with Crippen molar-refractivity contribution in [2.75, 3.05) is 19.0 Å². The maximum atomic E-state index is 12.1. The summed E-state index contributed by atoms with van der Waals surface area (Å²) in [4.78, 5) is 12.1. The Balaban J connectivity index is 2.05. The zero-order valence-corrected chi connectivity index (χ0v) is 14.3. The molecule has 0 aromatic heterocycles. The number of anilines is 1. The number of nitrogens with zero attached hydrogens (tertiary/aromatic N) is 1. The van der Waals surface area contributed by atoms with Crippen molar-refractivity contribution < 1.29 is 14.3 Å². The number of amides is 1. The van der Waals surface area contributed by atoms with Gasteiger partial charge in [0.1, 0.15) is 6.07 Å². The van der Waals surface area contributed by atoms with E-state index in [2.05, 4.69) is 12.2 Å². The first-order valence-corrected chi connectivity index (χ1v) is 7.92. The normalized spacial score (nSPS) is 10.3. The molecule has 5 heteroatoms. The van der Waals surface area contributed by atoms with E-state index in [1.807, 2.05) is 30.3 Å². The number of carbonyl (C=O) groups is 1. The molecule has 1 N–H and O–H groups in total. The van der Waals surface area contributed by atoms with Gasteiger partial charge in [0.25, 0.3) is 0 Å². The van der Waals surface area contributed by atoms with E-state index in [-0.39, 0.29) is 12.5 Å². The van der Waals surface area contributed by atoms with Crippen molar-refractivity contribution in [1.82, 2.24) is 0 Å². The minimum Gasteiger partial charge on any atom is -0.493 e. The molecule has 2 aromatic rings. The molecule has 0 saturated heterocycles. The maximum absolute atomic E-state index is 12.1. The average Bonchev–Trinajstić information content (AvgIpc) is 2.65. The van der Waals surface area contributed by atoms with Crippen molar-refractivity contribution in [3.05, 3.63) is 59.7 Å². The van der Waals surface area contributed by atoms with E-state index in [1.54, 1.807) is 24.3 Å². The Morgan fingerprint density at radius 2 is 2.08 bits per heavy atom. The standard InChI is InChI=1S/C20H20N2O3/c1-3-15-5-4-6-17(13-15)22-20(23)10-8-16-7-9-18(25-12-11-21)19(14-16)24-2/h4-10,13-14H,3,12H2,1-2H3,(H,22,23)/b10-8+. The zero-order valence-electron chi connectivity index (χ0n) is 14.3. The molecule has 0 spiro atoms. The van der Waals surface area contributed by atoms with Crippen molar-refractivity contribution in [2.24, 2.45) is 0 Å². The van der Waals surface area contributed by atoms with Gasteiger partial charge in [-0.05, 0) is 47.9 Å². The molecule has 128 valence electrons. The van der Waals surface area contributed by atoms with Gasteiger partial charge >= 0.3 is 0 Å². The Morgan fingerprint density at radius 1 is 1.24 bits per heavy atom. The predicted octanol–water partition coefficient (Wildman–Crippen LogP) is 3.81. The lowest BCUT2D eigenvalue weighted by molar-refractivity contribution is -0.111. The van der Waals surface area contributed by atoms with Gasteiger partial charge in [-0.15, -0.1) is 0 Å². The quantitative estimate of drug-likeness (QED) is 0.780. The fraction of sp³-hybridized carbons (Fsp3) is 0.200. The van der Waals surface area contributed by atoms with E-state index >= 15 is 0 Å². The van der Waals surface area contributed by atoms with Crippen LogP contribution in [-0.2, 0) is 11.2 Å². The second kappa shape index (κ2) is 9.14. The van der Waals surface area contributed by atoms with Crippen LogP contribution in [0.2, 0.25) is 0 Å². The number of benzene rings is 2. The third kappa shape index (κ3) is 5.40. The molecule has 0 aliphatic rings. The van der Waals surface area contributed by atoms with E-state index in [0.29, 0.717) is 11.5 Å². The van der Waals surface area contributed by atoms with E-state index < -0.39 is 0 Å². The minimum atomic E-state index is -0.211. The Hall–Kier alpha value is -3.26. The third-order valence-electron chi connectivity index (χ3n) is 3.51. The Bertz CT molecular complexity index is 807. The topological polar surface area (TPSA) is 71.3 Å². The lowest BCUT2D eigenvalue weighted by Gasteiger charge is -2.08. The van der Waals surface area contributed by atoms with E-state index in [4.69, 9.17) is 14.7 Å². The van der Waals surface area contributed by atoms with E-state index in [9.17, 15) is 4.79 Å². The van der Waals surface area contributed by atoms with Crippen LogP contribution in [0.4, 0.5) is 5.69 Å². The average molecular weight is 336 g/mol. The summed E-state index contributed by atoms with van der Waals surface area (Å²) >= 11 is 0. The number of nitriles is 1. The third-order valence-corrected chi connectivity index (χ3v) is 3.51. The first-order valence-electron chi connectivity index (χ1n) is 7.92. The van der Waals surface area contributed by atoms with Gasteiger partial charge in [0.2, 0.25) is 5.91 Å². The molecule has 5 nitrogen and oxygen atoms in total. The molecule has 0 aliphatic carbocycles. The van der Waals surface area contributed by atoms with Gasteiger partial charge in [-0.1, -0.05) is 25.1 Å². The minimum absolute atomic E-state index is 0.0508. The van der Waals surface area contributed by atoms with Crippen LogP contribution >= 0.6 is 0 Å². The number of methoxy groups -OCH3 is 1. The van der Waals surface area contributed by atoms with Gasteiger partial charge < -0.3 is 14.8 Å². The van der Waals surface area contributed by atoms with Crippen molar-refractivity contribution in [1.29, 1.82) is 5.26 Å². The smallest absolute Gasteiger partial charge is 0.248 e. The lowest BCUT2D eigenvalue weighted by Crippen LogP contribution is -2.07. The molecule has 0 atom stereocenters. The van der Waals surface area contributed by atoms with Crippen LogP contribution in [0.1, 0.15) is 18.1 Å². The second-order valence-electron chi connectivity index (χ2n) is 5.23. The largest absolute Gasteiger partial charge is 0.493 e. The lowest BCUT2D eigenvalue weighted by atomic mass is 10.1. The molecule has 0 radical (unpaired) electrons. The number of ether oxygens (including phenoxy) is 2. The number of hydrogen-bond donors (Lipinski definition) is 1. The molecular formula is C20H20N2O3. The Kier molecular flexibility index (Phi) is 6.61. The molecule has 1 amide bonds. The number of carbonyl (C=O) groups excluding carboxylic acids is 1. The van der Waals surface area contributed by atoms with E-state index in [0.717, 1.165) is 17.7 Å². The monoisotopic (exact) mass is 336 g/mol. The van der Waals surface area contributed by atoms with Crippen LogP contribution in [0.5, 0.6) is 11.5 Å². The molecule has 0 unspecified atom stereocenters. The molecule has 2 aromatic carbocycles. The summed E-state index contributed by atoms with van der Waals surface area (Å²) < 4.78 is 10.5. The van der Waals surface area contributed by atoms with Gasteiger partial charge in [-0.25, -0.2) is 0 Å². The fourth-order valence-corrected chi connectivity index (χ4v) is 2.24. The molecule has 25 heavy (non-hydrogen) atoms. The SMILES string of the molecule is CCc1cccc(NC(=O)/C=C/c2ccc(OCC#N)c(OC)c2)c1.